The predicted molar refractivity (Wildman–Crippen MR) is 58.1 cm³/mol. The molecule has 0 fully saturated rings. The van der Waals surface area contributed by atoms with Gasteiger partial charge in [-0.15, -0.1) is 0 Å². The third kappa shape index (κ3) is 2.23. The van der Waals surface area contributed by atoms with Crippen LogP contribution in [0.5, 0.6) is 0 Å². The number of nitrogens with two attached hydrogens (primary N) is 2. The summed E-state index contributed by atoms with van der Waals surface area (Å²) >= 11 is 3.24. The smallest absolute Gasteiger partial charge is 0.326 e. The maximum Gasteiger partial charge on any atom is 0.326 e. The summed E-state index contributed by atoms with van der Waals surface area (Å²) in [5, 5.41) is 7.18. The Kier molecular flexibility index (Phi) is 3.08. The van der Waals surface area contributed by atoms with E-state index in [1.807, 2.05) is 0 Å². The van der Waals surface area contributed by atoms with E-state index in [0.29, 0.717) is 5.69 Å². The number of halogens is 1. The van der Waals surface area contributed by atoms with Gasteiger partial charge < -0.3 is 11.5 Å². The lowest BCUT2D eigenvalue weighted by molar-refractivity contribution is 0.256. The zero-order valence-electron chi connectivity index (χ0n) is 7.20. The highest BCUT2D eigenvalue weighted by Gasteiger charge is 2.14. The Balaban J connectivity index is 3.12. The van der Waals surface area contributed by atoms with Crippen molar-refractivity contribution in [2.75, 3.05) is 4.90 Å². The molecule has 74 valence electrons. The minimum absolute atomic E-state index is 0.407. The van der Waals surface area contributed by atoms with Crippen LogP contribution in [-0.2, 0) is 0 Å². The number of urea groups is 1. The van der Waals surface area contributed by atoms with Crippen LogP contribution >= 0.6 is 15.9 Å². The molecular formula is C8H9BrN4O. The van der Waals surface area contributed by atoms with E-state index in [9.17, 15) is 4.79 Å². The average molecular weight is 257 g/mol. The van der Waals surface area contributed by atoms with E-state index in [2.05, 4.69) is 15.9 Å². The minimum Gasteiger partial charge on any atom is -0.369 e. The monoisotopic (exact) mass is 256 g/mol. The van der Waals surface area contributed by atoms with Crippen molar-refractivity contribution in [2.24, 2.45) is 11.5 Å². The molecule has 0 radical (unpaired) electrons. The summed E-state index contributed by atoms with van der Waals surface area (Å²) in [7, 11) is 0. The second-order valence-corrected chi connectivity index (χ2v) is 3.45. The molecule has 0 saturated heterocycles. The van der Waals surface area contributed by atoms with E-state index in [-0.39, 0.29) is 0 Å². The number of rotatable bonds is 1. The quantitative estimate of drug-likeness (QED) is 0.521. The first-order valence-electron chi connectivity index (χ1n) is 3.71. The Hall–Kier alpha value is -1.56. The van der Waals surface area contributed by atoms with Crippen LogP contribution in [0.3, 0.4) is 0 Å². The number of anilines is 1. The Morgan fingerprint density at radius 1 is 1.43 bits per heavy atom. The third-order valence-electron chi connectivity index (χ3n) is 1.53. The van der Waals surface area contributed by atoms with Crippen molar-refractivity contribution >= 4 is 33.6 Å². The van der Waals surface area contributed by atoms with Gasteiger partial charge in [-0.2, -0.15) is 0 Å². The van der Waals surface area contributed by atoms with Gasteiger partial charge in [-0.25, -0.2) is 9.69 Å². The van der Waals surface area contributed by atoms with Gasteiger partial charge in [-0.1, -0.05) is 22.0 Å². The number of amides is 2. The van der Waals surface area contributed by atoms with Crippen LogP contribution in [0.2, 0.25) is 0 Å². The Morgan fingerprint density at radius 2 is 2.07 bits per heavy atom. The van der Waals surface area contributed by atoms with Crippen LogP contribution in [0, 0.1) is 5.41 Å². The number of carbonyl (C=O) groups is 1. The molecule has 6 heteroatoms. The highest BCUT2D eigenvalue weighted by Crippen LogP contribution is 2.19. The molecule has 0 unspecified atom stereocenters. The predicted octanol–water partition coefficient (Wildman–Crippen LogP) is 1.23. The van der Waals surface area contributed by atoms with Gasteiger partial charge in [0.15, 0.2) is 0 Å². The highest BCUT2D eigenvalue weighted by atomic mass is 79.9. The second kappa shape index (κ2) is 4.10. The van der Waals surface area contributed by atoms with Gasteiger partial charge in [-0.05, 0) is 18.2 Å². The first-order chi connectivity index (χ1) is 6.52. The molecule has 0 bridgehead atoms. The molecule has 0 saturated carbocycles. The zero-order chi connectivity index (χ0) is 10.7. The molecular weight excluding hydrogens is 248 g/mol. The topological polar surface area (TPSA) is 96.2 Å². The van der Waals surface area contributed by atoms with Crippen LogP contribution in [0.15, 0.2) is 28.7 Å². The Bertz CT molecular complexity index is 365. The largest absolute Gasteiger partial charge is 0.369 e. The van der Waals surface area contributed by atoms with E-state index >= 15 is 0 Å². The van der Waals surface area contributed by atoms with Gasteiger partial charge in [0.05, 0.1) is 5.69 Å². The summed E-state index contributed by atoms with van der Waals surface area (Å²) in [4.78, 5) is 11.9. The zero-order valence-corrected chi connectivity index (χ0v) is 8.78. The van der Waals surface area contributed by atoms with Crippen LogP contribution in [0.1, 0.15) is 0 Å². The Morgan fingerprint density at radius 3 is 2.50 bits per heavy atom. The van der Waals surface area contributed by atoms with Gasteiger partial charge in [0, 0.05) is 4.47 Å². The number of guanidine groups is 1. The summed E-state index contributed by atoms with van der Waals surface area (Å²) in [6.45, 7) is 0. The maximum absolute atomic E-state index is 11.0. The second-order valence-electron chi connectivity index (χ2n) is 2.54. The van der Waals surface area contributed by atoms with Crippen LogP contribution in [0.4, 0.5) is 10.5 Å². The number of nitrogens with one attached hydrogen (secondary N) is 1. The molecule has 0 atom stereocenters. The molecule has 0 aliphatic rings. The molecule has 14 heavy (non-hydrogen) atoms. The van der Waals surface area contributed by atoms with Crippen molar-refractivity contribution in [3.05, 3.63) is 28.7 Å². The fraction of sp³-hybridized carbons (Fsp3) is 0. The van der Waals surface area contributed by atoms with Crippen molar-refractivity contribution in [3.63, 3.8) is 0 Å². The molecule has 1 aromatic carbocycles. The molecule has 0 aliphatic carbocycles. The van der Waals surface area contributed by atoms with Crippen molar-refractivity contribution in [1.29, 1.82) is 5.41 Å². The van der Waals surface area contributed by atoms with Crippen molar-refractivity contribution in [2.45, 2.75) is 0 Å². The SMILES string of the molecule is N=C(N)N(C(N)=O)c1cccc(Br)c1. The average Bonchev–Trinajstić information content (AvgIpc) is 2.02. The highest BCUT2D eigenvalue weighted by molar-refractivity contribution is 9.10. The summed E-state index contributed by atoms with van der Waals surface area (Å²) in [5.74, 6) is -0.407. The van der Waals surface area contributed by atoms with Crippen molar-refractivity contribution in [1.82, 2.24) is 0 Å². The van der Waals surface area contributed by atoms with E-state index < -0.39 is 12.0 Å². The minimum atomic E-state index is -0.782. The molecule has 5 nitrogen and oxygen atoms in total. The standard InChI is InChI=1S/C8H9BrN4O/c9-5-2-1-3-6(4-5)13(7(10)11)8(12)14/h1-4H,(H3,10,11)(H2,12,14). The van der Waals surface area contributed by atoms with E-state index in [1.165, 1.54) is 0 Å². The molecule has 1 aromatic rings. The van der Waals surface area contributed by atoms with Crippen LogP contribution < -0.4 is 16.4 Å². The first kappa shape index (κ1) is 10.5. The molecule has 5 N–H and O–H groups in total. The maximum atomic E-state index is 11.0. The number of benzene rings is 1. The molecule has 1 rings (SSSR count). The Labute approximate surface area is 89.3 Å². The van der Waals surface area contributed by atoms with Gasteiger partial charge in [0.25, 0.3) is 0 Å². The lowest BCUT2D eigenvalue weighted by Gasteiger charge is -2.17. The first-order valence-corrected chi connectivity index (χ1v) is 4.51. The molecule has 0 heterocycles. The van der Waals surface area contributed by atoms with Crippen molar-refractivity contribution in [3.8, 4) is 0 Å². The van der Waals surface area contributed by atoms with Crippen LogP contribution in [0.25, 0.3) is 0 Å². The van der Waals surface area contributed by atoms with Gasteiger partial charge in [-0.3, -0.25) is 5.41 Å². The van der Waals surface area contributed by atoms with Gasteiger partial charge in [0.1, 0.15) is 0 Å². The summed E-state index contributed by atoms with van der Waals surface area (Å²) in [6.07, 6.45) is 0. The summed E-state index contributed by atoms with van der Waals surface area (Å²) in [5.41, 5.74) is 10.7. The van der Waals surface area contributed by atoms with E-state index in [0.717, 1.165) is 9.37 Å². The summed E-state index contributed by atoms with van der Waals surface area (Å²) < 4.78 is 0.780. The van der Waals surface area contributed by atoms with Crippen molar-refractivity contribution < 1.29 is 4.79 Å². The fourth-order valence-corrected chi connectivity index (χ4v) is 1.39. The van der Waals surface area contributed by atoms with Gasteiger partial charge >= 0.3 is 6.03 Å². The normalized spacial score (nSPS) is 9.50. The number of hydrogen-bond donors (Lipinski definition) is 3. The molecule has 0 spiro atoms. The fourth-order valence-electron chi connectivity index (χ4n) is 1.00. The molecule has 2 amide bonds. The third-order valence-corrected chi connectivity index (χ3v) is 2.02. The van der Waals surface area contributed by atoms with Crippen LogP contribution in [-0.4, -0.2) is 12.0 Å². The molecule has 0 aliphatic heterocycles. The van der Waals surface area contributed by atoms with E-state index in [4.69, 9.17) is 16.9 Å². The number of primary amides is 1. The van der Waals surface area contributed by atoms with E-state index in [1.54, 1.807) is 24.3 Å². The number of hydrogen-bond acceptors (Lipinski definition) is 2. The lowest BCUT2D eigenvalue weighted by atomic mass is 10.3. The lowest BCUT2D eigenvalue weighted by Crippen LogP contribution is -2.44. The summed E-state index contributed by atoms with van der Waals surface area (Å²) in [6, 6.07) is 6.01. The number of carbonyl (C=O) groups excluding carboxylic acids is 1. The van der Waals surface area contributed by atoms with Gasteiger partial charge in [0.2, 0.25) is 5.96 Å². The number of nitrogens with zero attached hydrogens (tertiary/aromatic N) is 1. The molecule has 0 aromatic heterocycles.